The average molecular weight is 1160 g/mol. The lowest BCUT2D eigenvalue weighted by Crippen LogP contribution is -2.37. The lowest BCUT2D eigenvalue weighted by Gasteiger charge is -2.27. The Labute approximate surface area is 497 Å². The highest BCUT2D eigenvalue weighted by atomic mass is 16.7. The summed E-state index contributed by atoms with van der Waals surface area (Å²) in [4.78, 5) is 56.6. The maximum atomic E-state index is 13.5. The summed E-state index contributed by atoms with van der Waals surface area (Å²) in [5.41, 5.74) is 3.64. The number of hydrogen-bond donors (Lipinski definition) is 2. The van der Waals surface area contributed by atoms with E-state index in [1.165, 1.54) is 6.07 Å². The van der Waals surface area contributed by atoms with Crippen molar-refractivity contribution in [1.82, 2.24) is 15.0 Å². The van der Waals surface area contributed by atoms with Gasteiger partial charge in [0, 0.05) is 49.1 Å². The van der Waals surface area contributed by atoms with Crippen LogP contribution >= 0.6 is 0 Å². The first-order valence-electron chi connectivity index (χ1n) is 30.7. The number of benzene rings is 4. The first kappa shape index (κ1) is 65.8. The Morgan fingerprint density at radius 1 is 0.548 bits per heavy atom. The molecule has 0 saturated carbocycles. The zero-order valence-electron chi connectivity index (χ0n) is 50.9. The third-order valence-corrected chi connectivity index (χ3v) is 14.6. The number of unbranched alkanes of at least 4 members (excludes halogenated alkanes) is 4. The summed E-state index contributed by atoms with van der Waals surface area (Å²) in [6.45, 7) is 19.8. The number of carbonyl (C=O) groups excluding carboxylic acids is 3. The van der Waals surface area contributed by atoms with Gasteiger partial charge in [0.25, 0.3) is 0 Å². The molecule has 1 aliphatic rings. The van der Waals surface area contributed by atoms with Gasteiger partial charge in [0.2, 0.25) is 17.8 Å². The molecule has 19 heteroatoms. The summed E-state index contributed by atoms with van der Waals surface area (Å²) in [6, 6.07) is 24.4. The number of anilines is 5. The first-order valence-corrected chi connectivity index (χ1v) is 30.7. The van der Waals surface area contributed by atoms with E-state index in [1.807, 2.05) is 55.1 Å². The fourth-order valence-electron chi connectivity index (χ4n) is 9.32. The molecule has 4 atom stereocenters. The molecule has 0 aliphatic carbocycles. The van der Waals surface area contributed by atoms with Gasteiger partial charge in [-0.2, -0.15) is 35.4 Å². The van der Waals surface area contributed by atoms with Gasteiger partial charge in [-0.15, -0.1) is 0 Å². The van der Waals surface area contributed by atoms with Crippen molar-refractivity contribution in [2.75, 3.05) is 55.2 Å². The number of hydrogen-bond acceptors (Lipinski definition) is 19. The van der Waals surface area contributed by atoms with Crippen molar-refractivity contribution in [1.29, 1.82) is 0 Å². The Bertz CT molecular complexity index is 2800. The van der Waals surface area contributed by atoms with Gasteiger partial charge >= 0.3 is 17.9 Å². The quantitative estimate of drug-likeness (QED) is 0.0124. The van der Waals surface area contributed by atoms with Crippen LogP contribution in [0.5, 0.6) is 11.5 Å². The zero-order chi connectivity index (χ0) is 59.9. The van der Waals surface area contributed by atoms with Crippen LogP contribution in [0.15, 0.2) is 105 Å². The molecular weight excluding hydrogens is 1060 g/mol. The molecule has 1 fully saturated rings. The second-order valence-electron chi connectivity index (χ2n) is 21.4. The van der Waals surface area contributed by atoms with Crippen LogP contribution in [0.3, 0.4) is 0 Å². The molecule has 5 aromatic rings. The van der Waals surface area contributed by atoms with Crippen LogP contribution in [0.25, 0.3) is 0 Å². The molecule has 4 unspecified atom stereocenters. The number of ether oxygens (including phenoxy) is 6. The molecule has 2 N–H and O–H groups in total. The summed E-state index contributed by atoms with van der Waals surface area (Å²) in [7, 11) is 0. The van der Waals surface area contributed by atoms with Gasteiger partial charge in [-0.3, -0.25) is 4.79 Å². The van der Waals surface area contributed by atoms with Crippen LogP contribution < -0.4 is 25.0 Å². The van der Waals surface area contributed by atoms with Crippen LogP contribution in [0.1, 0.15) is 185 Å². The number of nitrogens with zero attached hydrogens (tertiary/aromatic N) is 8. The van der Waals surface area contributed by atoms with Gasteiger partial charge in [0.05, 0.1) is 53.7 Å². The summed E-state index contributed by atoms with van der Waals surface area (Å²) >= 11 is 0. The summed E-state index contributed by atoms with van der Waals surface area (Å²) in [6.07, 6.45) is 15.1. The van der Waals surface area contributed by atoms with Crippen molar-refractivity contribution < 1.29 is 42.8 Å². The van der Waals surface area contributed by atoms with Gasteiger partial charge in [-0.25, -0.2) is 9.59 Å². The zero-order valence-corrected chi connectivity index (χ0v) is 50.9. The van der Waals surface area contributed by atoms with Gasteiger partial charge in [-0.1, -0.05) is 120 Å². The number of morpholine rings is 1. The lowest BCUT2D eigenvalue weighted by molar-refractivity contribution is -0.135. The number of rotatable bonds is 37. The molecule has 0 amide bonds. The van der Waals surface area contributed by atoms with E-state index in [1.54, 1.807) is 42.5 Å². The molecule has 19 nitrogen and oxygen atoms in total. The van der Waals surface area contributed by atoms with E-state index in [9.17, 15) is 14.4 Å². The van der Waals surface area contributed by atoms with Crippen molar-refractivity contribution in [2.45, 2.75) is 177 Å². The van der Waals surface area contributed by atoms with E-state index in [0.717, 1.165) is 89.9 Å². The lowest BCUT2D eigenvalue weighted by atomic mass is 9.96. The van der Waals surface area contributed by atoms with Crippen molar-refractivity contribution >= 4 is 69.9 Å². The summed E-state index contributed by atoms with van der Waals surface area (Å²) in [5.74, 6) is 1.24. The molecule has 4 aromatic carbocycles. The van der Waals surface area contributed by atoms with E-state index in [-0.39, 0.29) is 42.0 Å². The highest BCUT2D eigenvalue weighted by Crippen LogP contribution is 2.32. The van der Waals surface area contributed by atoms with Gasteiger partial charge in [0.1, 0.15) is 23.7 Å². The van der Waals surface area contributed by atoms with Gasteiger partial charge < -0.3 is 44.0 Å². The number of aromatic nitrogens is 3. The van der Waals surface area contributed by atoms with E-state index < -0.39 is 11.9 Å². The van der Waals surface area contributed by atoms with Crippen LogP contribution in [-0.2, 0) is 23.7 Å². The minimum absolute atomic E-state index is 0.0506. The molecular formula is C65H90N10O9. The molecule has 1 aromatic heterocycles. The minimum atomic E-state index is -0.526. The molecule has 0 spiro atoms. The van der Waals surface area contributed by atoms with Crippen LogP contribution in [-0.4, -0.2) is 84.8 Å². The smallest absolute Gasteiger partial charge is 0.338 e. The van der Waals surface area contributed by atoms with Crippen LogP contribution in [0.4, 0.5) is 52.0 Å². The monoisotopic (exact) mass is 1150 g/mol. The minimum Gasteiger partial charge on any atom is -0.467 e. The molecule has 0 bridgehead atoms. The summed E-state index contributed by atoms with van der Waals surface area (Å²) < 4.78 is 35.3. The first-order chi connectivity index (χ1) is 40.9. The van der Waals surface area contributed by atoms with Crippen LogP contribution in [0, 0.1) is 11.8 Å². The maximum Gasteiger partial charge on any atom is 0.338 e. The second kappa shape index (κ2) is 36.4. The Balaban J connectivity index is 1.16. The predicted molar refractivity (Wildman–Crippen MR) is 330 cm³/mol. The Morgan fingerprint density at radius 2 is 1.02 bits per heavy atom. The third kappa shape index (κ3) is 22.7. The molecule has 0 radical (unpaired) electrons. The largest absolute Gasteiger partial charge is 0.467 e. The van der Waals surface area contributed by atoms with E-state index in [0.29, 0.717) is 122 Å². The fourth-order valence-corrected chi connectivity index (χ4v) is 9.32. The number of azo groups is 2. The Morgan fingerprint density at radius 3 is 1.52 bits per heavy atom. The summed E-state index contributed by atoms with van der Waals surface area (Å²) in [5, 5.41) is 24.6. The highest BCUT2D eigenvalue weighted by Gasteiger charge is 2.22. The van der Waals surface area contributed by atoms with Crippen molar-refractivity contribution in [2.24, 2.45) is 32.3 Å². The molecule has 1 saturated heterocycles. The van der Waals surface area contributed by atoms with E-state index in [2.05, 4.69) is 72.6 Å². The fraction of sp³-hybridized carbons (Fsp3) is 0.538. The maximum absolute atomic E-state index is 13.5. The van der Waals surface area contributed by atoms with Gasteiger partial charge in [-0.05, 0) is 117 Å². The van der Waals surface area contributed by atoms with Crippen molar-refractivity contribution in [3.05, 3.63) is 96.1 Å². The number of nitrogens with one attached hydrogen (secondary N) is 2. The van der Waals surface area contributed by atoms with Gasteiger partial charge in [0.15, 0.2) is 6.79 Å². The van der Waals surface area contributed by atoms with Crippen LogP contribution in [0.2, 0.25) is 0 Å². The molecule has 6 rings (SSSR count). The second-order valence-corrected chi connectivity index (χ2v) is 21.4. The molecule has 454 valence electrons. The average Bonchev–Trinajstić information content (AvgIpc) is 3.71. The molecule has 2 heterocycles. The predicted octanol–water partition coefficient (Wildman–Crippen LogP) is 17.4. The molecule has 1 aliphatic heterocycles. The third-order valence-electron chi connectivity index (χ3n) is 14.6. The SMILES string of the molecule is CCCCC(CC)COCOc1cc(N=Nc2ccc(Nc3nc(Nc4ccc(N=Nc5cc(C(=O)OC(CC)CCCC)cc(C(=O)OC(CC)CCCC)c5)cc4)nc(N4CCOCC4)n3)cc2)cc(OC(=O)CC(CC)CCCC)c1. The topological polar surface area (TPSA) is 222 Å². The Hall–Kier alpha value is -7.38. The van der Waals surface area contributed by atoms with E-state index >= 15 is 0 Å². The van der Waals surface area contributed by atoms with Crippen molar-refractivity contribution in [3.8, 4) is 11.5 Å². The standard InChI is InChI=1S/C65H90N10O9/c1-9-17-21-46(13-5)37-60(76)82-59-42-55(41-58(43-59)81-45-80-44-47(14-6)22-18-10-2)74-72-53-31-27-51(28-32-53)67-64-68-63(69-65(70-64)75-33-35-79-36-34-75)66-50-25-29-52(30-26-50)71-73-54-39-48(61(77)83-56(15-7)23-19-11-3)38-49(40-54)62(78)84-57(16-8)24-20-12-4/h25-32,38-43,46-47,56-57H,9-24,33-37,44-45H2,1-8H3,(H2,66,67,68,69,70). The number of esters is 3. The highest BCUT2D eigenvalue weighted by molar-refractivity contribution is 5.97. The molecule has 84 heavy (non-hydrogen) atoms. The van der Waals surface area contributed by atoms with Crippen molar-refractivity contribution in [3.63, 3.8) is 0 Å². The van der Waals surface area contributed by atoms with E-state index in [4.69, 9.17) is 43.4 Å². The number of carbonyl (C=O) groups is 3. The normalized spacial score (nSPS) is 14.0. The Kier molecular flexibility index (Phi) is 28.5.